The van der Waals surface area contributed by atoms with Crippen LogP contribution in [0.25, 0.3) is 22.0 Å². The van der Waals surface area contributed by atoms with Crippen LogP contribution < -0.4 is 16.8 Å². The number of nitrogens with two attached hydrogens (primary N) is 2. The number of thioether (sulfide) groups is 2. The summed E-state index contributed by atoms with van der Waals surface area (Å²) >= 11 is 10.4. The number of aromatic hydroxyl groups is 1. The summed E-state index contributed by atoms with van der Waals surface area (Å²) < 4.78 is 15.7. The van der Waals surface area contributed by atoms with Crippen LogP contribution in [0.4, 0.5) is 0 Å². The van der Waals surface area contributed by atoms with Gasteiger partial charge in [0.1, 0.15) is 11.4 Å². The number of methoxy groups -OCH3 is 2. The lowest BCUT2D eigenvalue weighted by Crippen LogP contribution is -2.40. The van der Waals surface area contributed by atoms with Crippen molar-refractivity contribution in [2.24, 2.45) is 25.6 Å². The number of esters is 2. The maximum Gasteiger partial charge on any atom is 0.354 e. The molecule has 3 aromatic heterocycles. The van der Waals surface area contributed by atoms with E-state index in [2.05, 4.69) is 24.4 Å². The van der Waals surface area contributed by atoms with Crippen molar-refractivity contribution < 1.29 is 29.0 Å². The van der Waals surface area contributed by atoms with Crippen LogP contribution in [0, 0.1) is 13.8 Å². The van der Waals surface area contributed by atoms with Crippen LogP contribution in [0.1, 0.15) is 185 Å². The average Bonchev–Trinajstić information content (AvgIpc) is 4.06. The molecule has 1 aliphatic rings. The third-order valence-electron chi connectivity index (χ3n) is 14.7. The highest BCUT2D eigenvalue weighted by atomic mass is 35.5. The molecule has 76 heavy (non-hydrogen) atoms. The Bertz CT molecular complexity index is 2630. The fourth-order valence-electron chi connectivity index (χ4n) is 10.2. The number of halogens is 1. The summed E-state index contributed by atoms with van der Waals surface area (Å²) in [5.41, 5.74) is 21.2. The molecule has 6 N–H and O–H groups in total. The minimum absolute atomic E-state index is 0.00304. The molecule has 0 saturated heterocycles. The first-order valence-corrected chi connectivity index (χ1v) is 30.6. The van der Waals surface area contributed by atoms with E-state index < -0.39 is 5.97 Å². The Labute approximate surface area is 466 Å². The second-order valence-electron chi connectivity index (χ2n) is 20.4. The number of fused-ring (bicyclic) bond motifs is 2. The molecule has 2 aromatic carbocycles. The van der Waals surface area contributed by atoms with Crippen LogP contribution in [-0.4, -0.2) is 80.4 Å². The number of nitrogens with zero attached hydrogens (tertiary/aromatic N) is 5. The topological polar surface area (TPSA) is 195 Å². The number of benzene rings is 2. The largest absolute Gasteiger partial charge is 0.508 e. The van der Waals surface area contributed by atoms with Crippen LogP contribution in [0.15, 0.2) is 35.2 Å². The second-order valence-corrected chi connectivity index (χ2v) is 22.8. The van der Waals surface area contributed by atoms with Crippen molar-refractivity contribution in [2.45, 2.75) is 197 Å². The zero-order valence-electron chi connectivity index (χ0n) is 46.8. The number of phenolic OH excluding ortho intramolecular Hbond substituents is 1. The number of aryl methyl sites for hydroxylation is 5. The van der Waals surface area contributed by atoms with Gasteiger partial charge < -0.3 is 35.9 Å². The Balaban J connectivity index is 0.000000349. The van der Waals surface area contributed by atoms with Crippen LogP contribution in [-0.2, 0) is 69.8 Å². The number of carbonyl (C=O) groups is 3. The molecule has 1 amide bonds. The first-order valence-electron chi connectivity index (χ1n) is 28.0. The van der Waals surface area contributed by atoms with Gasteiger partial charge in [0, 0.05) is 87.8 Å². The molecule has 0 bridgehead atoms. The van der Waals surface area contributed by atoms with E-state index in [1.807, 2.05) is 60.1 Å². The Kier molecular flexibility index (Phi) is 27.1. The van der Waals surface area contributed by atoms with Gasteiger partial charge in [0.25, 0.3) is 0 Å². The summed E-state index contributed by atoms with van der Waals surface area (Å²) in [7, 11) is 6.59. The van der Waals surface area contributed by atoms with Gasteiger partial charge in [0.2, 0.25) is 5.91 Å². The van der Waals surface area contributed by atoms with Crippen molar-refractivity contribution in [3.63, 3.8) is 0 Å². The summed E-state index contributed by atoms with van der Waals surface area (Å²) in [4.78, 5) is 38.0. The molecule has 0 aliphatic heterocycles. The molecule has 0 fully saturated rings. The van der Waals surface area contributed by atoms with E-state index >= 15 is 0 Å². The first kappa shape index (κ1) is 62.4. The average molecular weight is 1110 g/mol. The molecule has 14 nitrogen and oxygen atoms in total. The molecule has 5 aromatic rings. The van der Waals surface area contributed by atoms with E-state index in [0.29, 0.717) is 34.5 Å². The minimum Gasteiger partial charge on any atom is -0.508 e. The van der Waals surface area contributed by atoms with E-state index in [1.54, 1.807) is 23.5 Å². The molecular formula is C59H89ClN8O6S2. The third-order valence-corrected chi connectivity index (χ3v) is 17.0. The van der Waals surface area contributed by atoms with E-state index in [0.717, 1.165) is 118 Å². The van der Waals surface area contributed by atoms with Crippen molar-refractivity contribution >= 4 is 63.9 Å². The van der Waals surface area contributed by atoms with Crippen LogP contribution >= 0.6 is 35.1 Å². The number of rotatable bonds is 32. The predicted octanol–water partition coefficient (Wildman–Crippen LogP) is 12.7. The van der Waals surface area contributed by atoms with Crippen molar-refractivity contribution in [3.05, 3.63) is 80.5 Å². The van der Waals surface area contributed by atoms with Gasteiger partial charge in [0.15, 0.2) is 0 Å². The number of unbranched alkanes of at least 4 members (excludes halogenated alkanes) is 14. The van der Waals surface area contributed by atoms with E-state index in [-0.39, 0.29) is 30.9 Å². The number of phenols is 1. The van der Waals surface area contributed by atoms with Gasteiger partial charge in [-0.05, 0) is 112 Å². The minimum atomic E-state index is -0.488. The van der Waals surface area contributed by atoms with Crippen molar-refractivity contribution in [2.75, 3.05) is 27.3 Å². The zero-order valence-corrected chi connectivity index (χ0v) is 49.2. The number of hydrogen-bond acceptors (Lipinski definition) is 12. The Morgan fingerprint density at radius 1 is 0.816 bits per heavy atom. The molecule has 1 aliphatic carbocycles. The monoisotopic (exact) mass is 1100 g/mol. The van der Waals surface area contributed by atoms with Crippen molar-refractivity contribution in [1.29, 1.82) is 0 Å². The molecule has 1 atom stereocenters. The molecule has 3 heterocycles. The highest BCUT2D eigenvalue weighted by molar-refractivity contribution is 7.98. The van der Waals surface area contributed by atoms with Gasteiger partial charge in [-0.2, -0.15) is 10.2 Å². The van der Waals surface area contributed by atoms with Gasteiger partial charge in [-0.3, -0.25) is 19.0 Å². The van der Waals surface area contributed by atoms with Crippen LogP contribution in [0.2, 0.25) is 5.02 Å². The molecule has 0 spiro atoms. The number of aromatic nitrogens is 5. The number of nitrogens with one attached hydrogen (secondary N) is 1. The number of ether oxygens (including phenoxy) is 2. The third kappa shape index (κ3) is 18.3. The molecular weight excluding hydrogens is 1020 g/mol. The zero-order chi connectivity index (χ0) is 55.0. The van der Waals surface area contributed by atoms with Gasteiger partial charge >= 0.3 is 11.9 Å². The smallest absolute Gasteiger partial charge is 0.354 e. The number of amides is 1. The maximum absolute atomic E-state index is 13.1. The summed E-state index contributed by atoms with van der Waals surface area (Å²) in [6, 6.07) is 9.62. The predicted molar refractivity (Wildman–Crippen MR) is 313 cm³/mol. The Morgan fingerprint density at radius 2 is 1.49 bits per heavy atom. The van der Waals surface area contributed by atoms with Gasteiger partial charge in [-0.15, -0.1) is 23.5 Å². The number of carbonyl (C=O) groups excluding carboxylic acids is 3. The first-order chi connectivity index (χ1) is 36.7. The standard InChI is InChI=1S/C37H42ClN5O5S2.C22H47N3O/c1-21-33-30(43(14-13-32(45)47-5)36(21)37(46)48-6)12-11-28(38)35(33)34-22(2)41(3)40-29(34)20-49-18-24-16-25(42(4)39-24)19-50-26-15-23-9-7-8-10-27(23)31(44)17-26;1-2-3-4-5-6-7-8-9-10-11-12-13-14-17-20-25-22(26)21(24)18-15-16-19-23/h11-12,15-17,44H,7-10,13-14,18-20H2,1-6H3;21H,2-20,23-24H2,1H3,(H,25,26)/t;21-/m.0/s1. The van der Waals surface area contributed by atoms with E-state index in [9.17, 15) is 19.5 Å². The molecule has 6 rings (SSSR count). The van der Waals surface area contributed by atoms with Crippen LogP contribution in [0.5, 0.6) is 5.75 Å². The molecule has 420 valence electrons. The van der Waals surface area contributed by atoms with Gasteiger partial charge in [-0.25, -0.2) is 4.79 Å². The fourth-order valence-corrected chi connectivity index (χ4v) is 12.3. The SMILES string of the molecule is CCCCCCCCCCCCCCCCNC(=O)[C@@H](N)CCCCN.COC(=O)CCn1c(C(=O)OC)c(C)c2c(-c3c(CSCc4cc(CSc5cc(O)c6c(c5)CCCC6)n(C)n4)nn(C)c3C)c(Cl)ccc21. The summed E-state index contributed by atoms with van der Waals surface area (Å²) in [5.74, 6) is 1.62. The van der Waals surface area contributed by atoms with E-state index in [4.69, 9.17) is 42.7 Å². The summed E-state index contributed by atoms with van der Waals surface area (Å²) in [6.45, 7) is 7.86. The molecule has 0 unspecified atom stereocenters. The lowest BCUT2D eigenvalue weighted by Gasteiger charge is -2.18. The lowest BCUT2D eigenvalue weighted by molar-refractivity contribution is -0.140. The highest BCUT2D eigenvalue weighted by Crippen LogP contribution is 2.43. The van der Waals surface area contributed by atoms with E-state index in [1.165, 1.54) is 110 Å². The lowest BCUT2D eigenvalue weighted by atomic mass is 9.91. The molecule has 17 heteroatoms. The fraction of sp³-hybridized carbons (Fsp3) is 0.610. The highest BCUT2D eigenvalue weighted by Gasteiger charge is 2.28. The summed E-state index contributed by atoms with van der Waals surface area (Å²) in [5, 5.41) is 24.6. The number of hydrogen-bond donors (Lipinski definition) is 4. The Morgan fingerprint density at radius 3 is 2.14 bits per heavy atom. The Hall–Kier alpha value is -4.48. The van der Waals surface area contributed by atoms with Gasteiger partial charge in [-0.1, -0.05) is 108 Å². The van der Waals surface area contributed by atoms with Crippen LogP contribution in [0.3, 0.4) is 0 Å². The van der Waals surface area contributed by atoms with Gasteiger partial charge in [0.05, 0.1) is 38.1 Å². The van der Waals surface area contributed by atoms with Crippen molar-refractivity contribution in [1.82, 2.24) is 29.4 Å². The molecule has 0 saturated carbocycles. The van der Waals surface area contributed by atoms with Crippen molar-refractivity contribution in [3.8, 4) is 16.9 Å². The second kappa shape index (κ2) is 33.1. The quantitative estimate of drug-likeness (QED) is 0.0181. The molecule has 0 radical (unpaired) electrons. The normalized spacial score (nSPS) is 12.6. The maximum atomic E-state index is 13.1. The summed E-state index contributed by atoms with van der Waals surface area (Å²) in [6.07, 6.45) is 26.0.